The molecule has 0 nitrogen and oxygen atoms in total. The number of hydrogen-bond donors (Lipinski definition) is 0. The minimum atomic E-state index is 0.291. The van der Waals surface area contributed by atoms with Crippen LogP contribution in [0.1, 0.15) is 83.3 Å². The van der Waals surface area contributed by atoms with E-state index in [0.717, 1.165) is 5.92 Å². The van der Waals surface area contributed by atoms with Crippen LogP contribution in [0, 0.1) is 11.8 Å². The molecule has 0 radical (unpaired) electrons. The Morgan fingerprint density at radius 2 is 1.96 bits per heavy atom. The minimum Gasteiger partial charge on any atom is -0.0847 e. The lowest BCUT2D eigenvalue weighted by molar-refractivity contribution is 0.330. The number of halogens is 1. The monoisotopic (exact) mass is 472 g/mol. The van der Waals surface area contributed by atoms with Crippen LogP contribution in [0.3, 0.4) is 0 Å². The van der Waals surface area contributed by atoms with Gasteiger partial charge < -0.3 is 0 Å². The molecule has 0 bridgehead atoms. The number of fused-ring (bicyclic) bond motifs is 1. The molecule has 0 amide bonds. The van der Waals surface area contributed by atoms with Crippen molar-refractivity contribution in [3.05, 3.63) is 67.8 Å². The smallest absolute Gasteiger partial charge is 0.00692 e. The van der Waals surface area contributed by atoms with Gasteiger partial charge in [-0.1, -0.05) is 62.3 Å². The highest BCUT2D eigenvalue weighted by atomic mass is 127. The topological polar surface area (TPSA) is 0 Å². The van der Waals surface area contributed by atoms with Crippen LogP contribution in [0.5, 0.6) is 0 Å². The lowest BCUT2D eigenvalue weighted by atomic mass is 9.75. The first kappa shape index (κ1) is 19.5. The first-order chi connectivity index (χ1) is 12.9. The van der Waals surface area contributed by atoms with Gasteiger partial charge in [-0.15, -0.1) is 0 Å². The van der Waals surface area contributed by atoms with Gasteiger partial charge in [0.15, 0.2) is 0 Å². The Balaban J connectivity index is 1.49. The molecule has 0 spiro atoms. The molecule has 0 fully saturated rings. The molecule has 0 aromatic heterocycles. The SMILES string of the molecule is C/C(=C\CC1c2ccccc2C(C)(C)C1C)[C@H]1CCC2=C(CCC(I)=C2)C1. The molecule has 3 atom stereocenters. The van der Waals surface area contributed by atoms with E-state index in [-0.39, 0.29) is 0 Å². The van der Waals surface area contributed by atoms with Crippen molar-refractivity contribution in [2.45, 2.75) is 77.6 Å². The van der Waals surface area contributed by atoms with E-state index in [0.29, 0.717) is 17.3 Å². The zero-order valence-corrected chi connectivity index (χ0v) is 19.5. The van der Waals surface area contributed by atoms with Crippen LogP contribution >= 0.6 is 22.6 Å². The molecular formula is C26H33I. The lowest BCUT2D eigenvalue weighted by Gasteiger charge is -2.30. The summed E-state index contributed by atoms with van der Waals surface area (Å²) >= 11 is 2.52. The Morgan fingerprint density at radius 3 is 2.78 bits per heavy atom. The zero-order valence-electron chi connectivity index (χ0n) is 17.3. The van der Waals surface area contributed by atoms with Gasteiger partial charge in [-0.2, -0.15) is 0 Å². The molecule has 0 saturated carbocycles. The third kappa shape index (κ3) is 3.61. The van der Waals surface area contributed by atoms with Gasteiger partial charge in [-0.25, -0.2) is 0 Å². The normalized spacial score (nSPS) is 30.0. The molecular weight excluding hydrogens is 439 g/mol. The average Bonchev–Trinajstić information content (AvgIpc) is 2.86. The molecule has 3 aliphatic rings. The van der Waals surface area contributed by atoms with Crippen LogP contribution in [0.25, 0.3) is 0 Å². The molecule has 0 heterocycles. The molecule has 3 aliphatic carbocycles. The first-order valence-electron chi connectivity index (χ1n) is 10.7. The standard InChI is InChI=1S/C26H33I/c1-17(19-10-11-21-16-22(27)13-12-20(21)15-19)9-14-23-18(2)26(3,4)25-8-6-5-7-24(23)25/h5-9,16,18-19,23H,10-15H2,1-4H3/b17-9+/t18?,19-,23?/m0/s1. The minimum absolute atomic E-state index is 0.291. The average molecular weight is 472 g/mol. The fourth-order valence-corrected chi connectivity index (χ4v) is 6.28. The van der Waals surface area contributed by atoms with Gasteiger partial charge >= 0.3 is 0 Å². The van der Waals surface area contributed by atoms with Crippen molar-refractivity contribution in [2.75, 3.05) is 0 Å². The van der Waals surface area contributed by atoms with E-state index in [4.69, 9.17) is 0 Å². The van der Waals surface area contributed by atoms with Gasteiger partial charge in [0, 0.05) is 0 Å². The molecule has 27 heavy (non-hydrogen) atoms. The maximum absolute atomic E-state index is 2.60. The molecule has 2 unspecified atom stereocenters. The van der Waals surface area contributed by atoms with Crippen molar-refractivity contribution < 1.29 is 0 Å². The lowest BCUT2D eigenvalue weighted by Crippen LogP contribution is -2.23. The quantitative estimate of drug-likeness (QED) is 0.307. The summed E-state index contributed by atoms with van der Waals surface area (Å²) in [4.78, 5) is 0. The first-order valence-corrected chi connectivity index (χ1v) is 11.8. The Labute approximate surface area is 179 Å². The van der Waals surface area contributed by atoms with Crippen LogP contribution < -0.4 is 0 Å². The van der Waals surface area contributed by atoms with Crippen LogP contribution in [-0.2, 0) is 5.41 Å². The van der Waals surface area contributed by atoms with Gasteiger partial charge in [0.25, 0.3) is 0 Å². The molecule has 1 heteroatoms. The molecule has 1 aromatic carbocycles. The van der Waals surface area contributed by atoms with Crippen molar-refractivity contribution in [1.29, 1.82) is 0 Å². The Bertz CT molecular complexity index is 820. The summed E-state index contributed by atoms with van der Waals surface area (Å²) in [6.07, 6.45) is 12.8. The predicted octanol–water partition coefficient (Wildman–Crippen LogP) is 8.24. The third-order valence-corrected chi connectivity index (χ3v) is 8.69. The Hall–Kier alpha value is -0.830. The number of allylic oxidation sites excluding steroid dienone is 6. The van der Waals surface area contributed by atoms with Gasteiger partial charge in [0.2, 0.25) is 0 Å². The van der Waals surface area contributed by atoms with Crippen LogP contribution in [-0.4, -0.2) is 0 Å². The van der Waals surface area contributed by atoms with Gasteiger partial charge in [-0.05, 0) is 118 Å². The Morgan fingerprint density at radius 1 is 1.19 bits per heavy atom. The highest BCUT2D eigenvalue weighted by Crippen LogP contribution is 2.52. The van der Waals surface area contributed by atoms with E-state index in [1.165, 1.54) is 38.5 Å². The molecule has 0 N–H and O–H groups in total. The van der Waals surface area contributed by atoms with Crippen molar-refractivity contribution in [2.24, 2.45) is 11.8 Å². The summed E-state index contributed by atoms with van der Waals surface area (Å²) in [6, 6.07) is 9.17. The second kappa shape index (κ2) is 7.54. The van der Waals surface area contributed by atoms with E-state index in [1.807, 2.05) is 0 Å². The second-order valence-corrected chi connectivity index (χ2v) is 10.9. The Kier molecular flexibility index (Phi) is 5.44. The van der Waals surface area contributed by atoms with Crippen molar-refractivity contribution in [1.82, 2.24) is 0 Å². The van der Waals surface area contributed by atoms with E-state index in [9.17, 15) is 0 Å². The van der Waals surface area contributed by atoms with E-state index >= 15 is 0 Å². The highest BCUT2D eigenvalue weighted by Gasteiger charge is 2.42. The van der Waals surface area contributed by atoms with Gasteiger partial charge in [-0.3, -0.25) is 0 Å². The molecule has 0 aliphatic heterocycles. The van der Waals surface area contributed by atoms with E-state index < -0.39 is 0 Å². The third-order valence-electron chi connectivity index (χ3n) is 7.84. The van der Waals surface area contributed by atoms with Crippen molar-refractivity contribution in [3.8, 4) is 0 Å². The predicted molar refractivity (Wildman–Crippen MR) is 125 cm³/mol. The number of hydrogen-bond acceptors (Lipinski definition) is 0. The van der Waals surface area contributed by atoms with Crippen LogP contribution in [0.15, 0.2) is 56.7 Å². The molecule has 144 valence electrons. The summed E-state index contributed by atoms with van der Waals surface area (Å²) in [5, 5.41) is 0. The van der Waals surface area contributed by atoms with Gasteiger partial charge in [0.05, 0.1) is 0 Å². The zero-order chi connectivity index (χ0) is 19.2. The summed E-state index contributed by atoms with van der Waals surface area (Å²) in [5.41, 5.74) is 8.51. The van der Waals surface area contributed by atoms with Crippen LogP contribution in [0.2, 0.25) is 0 Å². The van der Waals surface area contributed by atoms with E-state index in [2.05, 4.69) is 86.7 Å². The summed E-state index contributed by atoms with van der Waals surface area (Å²) in [7, 11) is 0. The maximum Gasteiger partial charge on any atom is -0.00692 e. The number of rotatable bonds is 3. The second-order valence-electron chi connectivity index (χ2n) is 9.55. The fraction of sp³-hybridized carbons (Fsp3) is 0.538. The molecule has 0 saturated heterocycles. The molecule has 4 rings (SSSR count). The summed E-state index contributed by atoms with van der Waals surface area (Å²) in [5.74, 6) is 2.14. The summed E-state index contributed by atoms with van der Waals surface area (Å²) < 4.78 is 1.55. The summed E-state index contributed by atoms with van der Waals surface area (Å²) in [6.45, 7) is 9.72. The highest BCUT2D eigenvalue weighted by molar-refractivity contribution is 14.1. The van der Waals surface area contributed by atoms with Crippen LogP contribution in [0.4, 0.5) is 0 Å². The number of benzene rings is 1. The molecule has 1 aromatic rings. The van der Waals surface area contributed by atoms with E-state index in [1.54, 1.807) is 31.4 Å². The van der Waals surface area contributed by atoms with Crippen molar-refractivity contribution in [3.63, 3.8) is 0 Å². The fourth-order valence-electron chi connectivity index (χ4n) is 5.63. The van der Waals surface area contributed by atoms with Gasteiger partial charge in [0.1, 0.15) is 0 Å². The maximum atomic E-state index is 2.60. The largest absolute Gasteiger partial charge is 0.0847 e. The van der Waals surface area contributed by atoms with Crippen molar-refractivity contribution >= 4 is 22.6 Å².